The van der Waals surface area contributed by atoms with Gasteiger partial charge in [-0.05, 0) is 37.6 Å². The first-order valence-corrected chi connectivity index (χ1v) is 9.12. The number of rotatable bonds is 2. The number of nitrogens with zero attached hydrogens (tertiary/aromatic N) is 3. The molecular formula is C19H19ClN4O4. The predicted molar refractivity (Wildman–Crippen MR) is 104 cm³/mol. The molecule has 1 aliphatic rings. The average Bonchev–Trinajstić information content (AvgIpc) is 2.98. The third-order valence-corrected chi connectivity index (χ3v) is 5.27. The zero-order valence-corrected chi connectivity index (χ0v) is 16.1. The van der Waals surface area contributed by atoms with E-state index >= 15 is 0 Å². The van der Waals surface area contributed by atoms with Gasteiger partial charge in [0.2, 0.25) is 0 Å². The number of aromatic amines is 1. The number of hydrogen-bond donors (Lipinski definition) is 2. The van der Waals surface area contributed by atoms with Gasteiger partial charge in [-0.1, -0.05) is 23.7 Å². The highest BCUT2D eigenvalue weighted by atomic mass is 35.5. The Kier molecular flexibility index (Phi) is 4.40. The van der Waals surface area contributed by atoms with Crippen molar-refractivity contribution in [2.24, 2.45) is 0 Å². The van der Waals surface area contributed by atoms with Crippen LogP contribution in [0.1, 0.15) is 25.5 Å². The Morgan fingerprint density at radius 1 is 1.36 bits per heavy atom. The lowest BCUT2D eigenvalue weighted by molar-refractivity contribution is -0.0757. The quantitative estimate of drug-likeness (QED) is 0.685. The van der Waals surface area contributed by atoms with Gasteiger partial charge in [0.1, 0.15) is 5.15 Å². The molecule has 28 heavy (non-hydrogen) atoms. The van der Waals surface area contributed by atoms with Crippen LogP contribution in [0.2, 0.25) is 5.15 Å². The number of aromatic nitrogens is 3. The molecule has 0 saturated carbocycles. The lowest BCUT2D eigenvalue weighted by Crippen LogP contribution is -2.56. The summed E-state index contributed by atoms with van der Waals surface area (Å²) in [6.45, 7) is 4.32. The van der Waals surface area contributed by atoms with Crippen LogP contribution in [0, 0.1) is 0 Å². The van der Waals surface area contributed by atoms with Gasteiger partial charge in [-0.3, -0.25) is 14.3 Å². The van der Waals surface area contributed by atoms with Gasteiger partial charge in [-0.25, -0.2) is 9.78 Å². The van der Waals surface area contributed by atoms with Crippen LogP contribution in [0.5, 0.6) is 0 Å². The van der Waals surface area contributed by atoms with Crippen molar-refractivity contribution in [1.82, 2.24) is 19.4 Å². The van der Waals surface area contributed by atoms with E-state index in [0.717, 1.165) is 11.3 Å². The molecule has 9 heteroatoms. The molecule has 1 amide bonds. The number of hydrogen-bond acceptors (Lipinski definition) is 4. The molecule has 1 unspecified atom stereocenters. The number of nitrogens with one attached hydrogen (secondary N) is 1. The number of benzene rings is 1. The largest absolute Gasteiger partial charge is 0.465 e. The molecule has 3 aromatic rings. The zero-order chi connectivity index (χ0) is 20.1. The summed E-state index contributed by atoms with van der Waals surface area (Å²) in [4.78, 5) is 32.0. The van der Waals surface area contributed by atoms with Crippen molar-refractivity contribution in [2.75, 3.05) is 13.2 Å². The normalized spacial score (nSPS) is 19.1. The number of amides is 1. The molecule has 2 aromatic heterocycles. The van der Waals surface area contributed by atoms with Gasteiger partial charge < -0.3 is 14.8 Å². The Hall–Kier alpha value is -2.84. The number of carbonyl (C=O) groups is 1. The summed E-state index contributed by atoms with van der Waals surface area (Å²) in [6, 6.07) is 8.50. The molecule has 0 radical (unpaired) electrons. The van der Waals surface area contributed by atoms with E-state index in [1.165, 1.54) is 11.2 Å². The minimum absolute atomic E-state index is 0.263. The molecule has 0 spiro atoms. The number of carboxylic acid groups (broad SMARTS) is 1. The van der Waals surface area contributed by atoms with Gasteiger partial charge in [0, 0.05) is 5.69 Å². The van der Waals surface area contributed by atoms with Crippen LogP contribution in [0.3, 0.4) is 0 Å². The van der Waals surface area contributed by atoms with E-state index in [9.17, 15) is 14.7 Å². The maximum Gasteiger partial charge on any atom is 0.408 e. The molecule has 1 atom stereocenters. The Bertz CT molecular complexity index is 1100. The number of fused-ring (bicyclic) bond motifs is 1. The van der Waals surface area contributed by atoms with Gasteiger partial charge in [-0.15, -0.1) is 0 Å². The highest BCUT2D eigenvalue weighted by molar-refractivity contribution is 6.31. The molecule has 1 fully saturated rings. The number of H-pyrrole nitrogens is 1. The van der Waals surface area contributed by atoms with Crippen LogP contribution in [0.4, 0.5) is 4.79 Å². The summed E-state index contributed by atoms with van der Waals surface area (Å²) < 4.78 is 7.32. The topological polar surface area (TPSA) is 100 Å². The number of halogens is 1. The third-order valence-electron chi connectivity index (χ3n) is 4.99. The second kappa shape index (κ2) is 6.65. The predicted octanol–water partition coefficient (Wildman–Crippen LogP) is 3.20. The van der Waals surface area contributed by atoms with Crippen molar-refractivity contribution < 1.29 is 14.6 Å². The van der Waals surface area contributed by atoms with Crippen LogP contribution in [-0.4, -0.2) is 49.4 Å². The highest BCUT2D eigenvalue weighted by Crippen LogP contribution is 2.34. The summed E-state index contributed by atoms with van der Waals surface area (Å²) in [5, 5.41) is 10.5. The van der Waals surface area contributed by atoms with Crippen molar-refractivity contribution in [3.05, 3.63) is 57.7 Å². The Morgan fingerprint density at radius 3 is 2.75 bits per heavy atom. The van der Waals surface area contributed by atoms with Gasteiger partial charge in [0.05, 0.1) is 36.5 Å². The van der Waals surface area contributed by atoms with E-state index in [4.69, 9.17) is 16.3 Å². The van der Waals surface area contributed by atoms with E-state index in [1.54, 1.807) is 10.6 Å². The van der Waals surface area contributed by atoms with E-state index < -0.39 is 17.7 Å². The van der Waals surface area contributed by atoms with Crippen LogP contribution in [-0.2, 0) is 4.74 Å². The summed E-state index contributed by atoms with van der Waals surface area (Å²) in [5.41, 5.74) is 1.10. The lowest BCUT2D eigenvalue weighted by Gasteiger charge is -2.45. The van der Waals surface area contributed by atoms with E-state index in [0.29, 0.717) is 29.4 Å². The summed E-state index contributed by atoms with van der Waals surface area (Å²) in [7, 11) is 0. The Balaban J connectivity index is 1.74. The number of ether oxygens (including phenoxy) is 1. The second-order valence-electron chi connectivity index (χ2n) is 7.36. The van der Waals surface area contributed by atoms with Crippen LogP contribution >= 0.6 is 11.6 Å². The standard InChI is InChI=1S/C19H19ClN4O4/c1-19(2)9-28-8-14(24(19)18(26)27)11-3-5-12(6-4-11)23-15(20)7-13-16(23)21-10-22-17(13)25/h3-7,10,14H,8-9H2,1-2H3,(H,26,27)(H,21,22,25). The molecule has 8 nitrogen and oxygen atoms in total. The second-order valence-corrected chi connectivity index (χ2v) is 7.75. The Morgan fingerprint density at radius 2 is 2.07 bits per heavy atom. The average molecular weight is 403 g/mol. The fourth-order valence-electron chi connectivity index (χ4n) is 3.71. The molecule has 2 N–H and O–H groups in total. The lowest BCUT2D eigenvalue weighted by atomic mass is 9.95. The van der Waals surface area contributed by atoms with Crippen molar-refractivity contribution in [3.63, 3.8) is 0 Å². The van der Waals surface area contributed by atoms with E-state index in [2.05, 4.69) is 9.97 Å². The minimum Gasteiger partial charge on any atom is -0.465 e. The zero-order valence-electron chi connectivity index (χ0n) is 15.3. The molecule has 146 valence electrons. The Labute approximate surface area is 165 Å². The SMILES string of the molecule is CC1(C)COCC(c2ccc(-n3c(Cl)cc4c(=O)[nH]cnc43)cc2)N1C(=O)O. The maximum atomic E-state index is 12.0. The number of morpholine rings is 1. The molecule has 1 saturated heterocycles. The van der Waals surface area contributed by atoms with Crippen LogP contribution in [0.15, 0.2) is 41.5 Å². The molecule has 0 aliphatic carbocycles. The first kappa shape index (κ1) is 18.5. The minimum atomic E-state index is -0.981. The van der Waals surface area contributed by atoms with Crippen molar-refractivity contribution in [1.29, 1.82) is 0 Å². The molecule has 3 heterocycles. The summed E-state index contributed by atoms with van der Waals surface area (Å²) in [6.07, 6.45) is 0.350. The van der Waals surface area contributed by atoms with Crippen LogP contribution < -0.4 is 5.56 Å². The summed E-state index contributed by atoms with van der Waals surface area (Å²) >= 11 is 6.33. The first-order chi connectivity index (χ1) is 13.3. The fraction of sp³-hybridized carbons (Fsp3) is 0.316. The van der Waals surface area contributed by atoms with Crippen molar-refractivity contribution >= 4 is 28.7 Å². The van der Waals surface area contributed by atoms with E-state index in [-0.39, 0.29) is 5.56 Å². The monoisotopic (exact) mass is 402 g/mol. The van der Waals surface area contributed by atoms with Gasteiger partial charge in [0.15, 0.2) is 5.65 Å². The highest BCUT2D eigenvalue weighted by Gasteiger charge is 2.41. The van der Waals surface area contributed by atoms with Gasteiger partial charge >= 0.3 is 6.09 Å². The molecule has 0 bridgehead atoms. The fourth-order valence-corrected chi connectivity index (χ4v) is 4.00. The van der Waals surface area contributed by atoms with Crippen LogP contribution in [0.25, 0.3) is 16.7 Å². The van der Waals surface area contributed by atoms with Crippen molar-refractivity contribution in [2.45, 2.75) is 25.4 Å². The molecule has 1 aliphatic heterocycles. The third kappa shape index (κ3) is 2.94. The van der Waals surface area contributed by atoms with Gasteiger partial charge in [0.25, 0.3) is 5.56 Å². The molecule has 4 rings (SSSR count). The van der Waals surface area contributed by atoms with Crippen molar-refractivity contribution in [3.8, 4) is 5.69 Å². The smallest absolute Gasteiger partial charge is 0.408 e. The van der Waals surface area contributed by atoms with E-state index in [1.807, 2.05) is 38.1 Å². The first-order valence-electron chi connectivity index (χ1n) is 8.74. The summed E-state index contributed by atoms with van der Waals surface area (Å²) in [5.74, 6) is 0. The maximum absolute atomic E-state index is 12.0. The van der Waals surface area contributed by atoms with Gasteiger partial charge in [-0.2, -0.15) is 0 Å². The molecule has 1 aromatic carbocycles. The molecular weight excluding hydrogens is 384 g/mol.